The Morgan fingerprint density at radius 1 is 1.26 bits per heavy atom. The van der Waals surface area contributed by atoms with E-state index in [1.165, 1.54) is 13.8 Å². The van der Waals surface area contributed by atoms with Gasteiger partial charge in [0.15, 0.2) is 0 Å². The Morgan fingerprint density at radius 3 is 2.35 bits per heavy atom. The number of hydrogen-bond acceptors (Lipinski definition) is 6. The van der Waals surface area contributed by atoms with Crippen LogP contribution in [0.1, 0.15) is 40.0 Å². The first kappa shape index (κ1) is 21.9. The van der Waals surface area contributed by atoms with Crippen molar-refractivity contribution in [3.63, 3.8) is 0 Å². The number of aliphatic hydroxyl groups excluding tert-OH is 2. The van der Waals surface area contributed by atoms with Gasteiger partial charge >= 0.3 is 0 Å². The van der Waals surface area contributed by atoms with E-state index in [0.29, 0.717) is 18.7 Å². The molecule has 23 heavy (non-hydrogen) atoms. The van der Waals surface area contributed by atoms with Gasteiger partial charge in [-0.3, -0.25) is 19.3 Å². The zero-order valence-corrected chi connectivity index (χ0v) is 14.9. The van der Waals surface area contributed by atoms with E-state index in [-0.39, 0.29) is 25.3 Å². The molecule has 0 aromatic heterocycles. The molecule has 1 atom stereocenters. The number of imide groups is 1. The minimum absolute atomic E-state index is 0.0404. The summed E-state index contributed by atoms with van der Waals surface area (Å²) >= 11 is 3.98. The average molecular weight is 348 g/mol. The van der Waals surface area contributed by atoms with Gasteiger partial charge < -0.3 is 15.5 Å². The third-order valence-electron chi connectivity index (χ3n) is 3.41. The van der Waals surface area contributed by atoms with Crippen LogP contribution in [0.15, 0.2) is 0 Å². The van der Waals surface area contributed by atoms with E-state index in [2.05, 4.69) is 17.9 Å². The van der Waals surface area contributed by atoms with Gasteiger partial charge in [-0.1, -0.05) is 20.8 Å². The van der Waals surface area contributed by atoms with Crippen molar-refractivity contribution >= 4 is 30.4 Å². The van der Waals surface area contributed by atoms with Crippen molar-refractivity contribution in [2.75, 3.05) is 25.4 Å². The van der Waals surface area contributed by atoms with Gasteiger partial charge in [0, 0.05) is 37.1 Å². The SMILES string of the molecule is CCCC(=O)N(CCC(=O)NCCS)C(=O)C(O)C(C)(C)CO. The van der Waals surface area contributed by atoms with Gasteiger partial charge in [0.25, 0.3) is 5.91 Å². The summed E-state index contributed by atoms with van der Waals surface area (Å²) in [5, 5.41) is 22.0. The first-order valence-electron chi connectivity index (χ1n) is 7.72. The molecule has 0 radical (unpaired) electrons. The van der Waals surface area contributed by atoms with Crippen molar-refractivity contribution in [2.45, 2.75) is 46.1 Å². The number of thiol groups is 1. The third kappa shape index (κ3) is 7.32. The van der Waals surface area contributed by atoms with Gasteiger partial charge in [0.1, 0.15) is 6.10 Å². The number of carbonyl (C=O) groups is 3. The molecule has 0 heterocycles. The van der Waals surface area contributed by atoms with Gasteiger partial charge in [-0.05, 0) is 6.42 Å². The molecule has 0 aliphatic heterocycles. The summed E-state index contributed by atoms with van der Waals surface area (Å²) in [5.41, 5.74) is -1.07. The number of nitrogens with one attached hydrogen (secondary N) is 1. The highest BCUT2D eigenvalue weighted by molar-refractivity contribution is 7.80. The predicted octanol–water partition coefficient (Wildman–Crippen LogP) is -0.0428. The Balaban J connectivity index is 4.97. The maximum Gasteiger partial charge on any atom is 0.258 e. The van der Waals surface area contributed by atoms with Crippen molar-refractivity contribution in [1.82, 2.24) is 10.2 Å². The fourth-order valence-electron chi connectivity index (χ4n) is 1.77. The Hall–Kier alpha value is -1.12. The monoisotopic (exact) mass is 348 g/mol. The maximum atomic E-state index is 12.4. The normalized spacial score (nSPS) is 12.6. The molecule has 7 nitrogen and oxygen atoms in total. The molecule has 0 aromatic carbocycles. The molecule has 0 rings (SSSR count). The van der Waals surface area contributed by atoms with Gasteiger partial charge in [-0.25, -0.2) is 0 Å². The summed E-state index contributed by atoms with van der Waals surface area (Å²) in [6.07, 6.45) is -0.861. The van der Waals surface area contributed by atoms with Crippen LogP contribution in [0.5, 0.6) is 0 Å². The highest BCUT2D eigenvalue weighted by Crippen LogP contribution is 2.22. The Labute approximate surface area is 142 Å². The highest BCUT2D eigenvalue weighted by Gasteiger charge is 2.37. The second-order valence-electron chi connectivity index (χ2n) is 6.01. The summed E-state index contributed by atoms with van der Waals surface area (Å²) in [5.74, 6) is -1.03. The van der Waals surface area contributed by atoms with Crippen LogP contribution in [0, 0.1) is 5.41 Å². The maximum absolute atomic E-state index is 12.4. The van der Waals surface area contributed by atoms with Gasteiger partial charge in [-0.15, -0.1) is 0 Å². The van der Waals surface area contributed by atoms with Gasteiger partial charge in [0.2, 0.25) is 11.8 Å². The van der Waals surface area contributed by atoms with Crippen molar-refractivity contribution in [1.29, 1.82) is 0 Å². The van der Waals surface area contributed by atoms with Crippen LogP contribution in [0.4, 0.5) is 0 Å². The van der Waals surface area contributed by atoms with Crippen molar-refractivity contribution in [3.05, 3.63) is 0 Å². The fraction of sp³-hybridized carbons (Fsp3) is 0.800. The fourth-order valence-corrected chi connectivity index (χ4v) is 1.88. The van der Waals surface area contributed by atoms with Crippen LogP contribution >= 0.6 is 12.6 Å². The zero-order chi connectivity index (χ0) is 18.0. The Morgan fingerprint density at radius 2 is 1.87 bits per heavy atom. The molecule has 0 saturated heterocycles. The van der Waals surface area contributed by atoms with E-state index >= 15 is 0 Å². The van der Waals surface area contributed by atoms with E-state index in [0.717, 1.165) is 4.90 Å². The quantitative estimate of drug-likeness (QED) is 0.414. The molecule has 0 saturated carbocycles. The molecule has 0 aliphatic rings. The van der Waals surface area contributed by atoms with Crippen molar-refractivity contribution in [2.24, 2.45) is 5.41 Å². The molecule has 0 bridgehead atoms. The Bertz CT molecular complexity index is 415. The van der Waals surface area contributed by atoms with E-state index in [4.69, 9.17) is 0 Å². The summed E-state index contributed by atoms with van der Waals surface area (Å²) in [6.45, 7) is 4.74. The van der Waals surface area contributed by atoms with Gasteiger partial charge in [-0.2, -0.15) is 12.6 Å². The number of carbonyl (C=O) groups excluding carboxylic acids is 3. The molecular weight excluding hydrogens is 320 g/mol. The first-order chi connectivity index (χ1) is 10.7. The second-order valence-corrected chi connectivity index (χ2v) is 6.45. The molecule has 0 fully saturated rings. The number of amides is 3. The van der Waals surface area contributed by atoms with Crippen LogP contribution in [0.25, 0.3) is 0 Å². The molecule has 0 aliphatic carbocycles. The standard InChI is InChI=1S/C15H28N2O5S/c1-4-5-12(20)17(8-6-11(19)16-7-9-23)14(22)13(21)15(2,3)10-18/h13,18,21,23H,4-10H2,1-3H3,(H,16,19). The molecule has 3 N–H and O–H groups in total. The lowest BCUT2D eigenvalue weighted by atomic mass is 9.86. The summed E-state index contributed by atoms with van der Waals surface area (Å²) in [6, 6.07) is 0. The minimum Gasteiger partial charge on any atom is -0.396 e. The van der Waals surface area contributed by atoms with E-state index < -0.39 is 29.9 Å². The summed E-state index contributed by atoms with van der Waals surface area (Å²) in [4.78, 5) is 37.1. The van der Waals surface area contributed by atoms with E-state index in [9.17, 15) is 24.6 Å². The summed E-state index contributed by atoms with van der Waals surface area (Å²) in [7, 11) is 0. The highest BCUT2D eigenvalue weighted by atomic mass is 32.1. The predicted molar refractivity (Wildman–Crippen MR) is 90.0 cm³/mol. The van der Waals surface area contributed by atoms with Crippen LogP contribution in [0.2, 0.25) is 0 Å². The number of nitrogens with zero attached hydrogens (tertiary/aromatic N) is 1. The minimum atomic E-state index is -1.52. The smallest absolute Gasteiger partial charge is 0.258 e. The van der Waals surface area contributed by atoms with Crippen LogP contribution in [0.3, 0.4) is 0 Å². The molecule has 0 spiro atoms. The van der Waals surface area contributed by atoms with Crippen LogP contribution in [-0.4, -0.2) is 64.4 Å². The molecule has 134 valence electrons. The van der Waals surface area contributed by atoms with E-state index in [1.54, 1.807) is 6.92 Å². The van der Waals surface area contributed by atoms with Crippen molar-refractivity contribution in [3.8, 4) is 0 Å². The summed E-state index contributed by atoms with van der Waals surface area (Å²) < 4.78 is 0. The zero-order valence-electron chi connectivity index (χ0n) is 14.0. The largest absolute Gasteiger partial charge is 0.396 e. The Kier molecular flexibility index (Phi) is 10.1. The number of rotatable bonds is 10. The molecule has 3 amide bonds. The van der Waals surface area contributed by atoms with Crippen LogP contribution < -0.4 is 5.32 Å². The number of aliphatic hydroxyl groups is 2. The molecule has 8 heteroatoms. The van der Waals surface area contributed by atoms with Gasteiger partial charge in [0.05, 0.1) is 6.61 Å². The lowest BCUT2D eigenvalue weighted by Gasteiger charge is -2.31. The lowest BCUT2D eigenvalue weighted by Crippen LogP contribution is -2.50. The van der Waals surface area contributed by atoms with Crippen LogP contribution in [-0.2, 0) is 14.4 Å². The number of hydrogen-bond donors (Lipinski definition) is 4. The second kappa shape index (κ2) is 10.6. The third-order valence-corrected chi connectivity index (χ3v) is 3.63. The lowest BCUT2D eigenvalue weighted by molar-refractivity contribution is -0.156. The molecular formula is C15H28N2O5S. The first-order valence-corrected chi connectivity index (χ1v) is 8.35. The average Bonchev–Trinajstić information content (AvgIpc) is 2.52. The van der Waals surface area contributed by atoms with Crippen molar-refractivity contribution < 1.29 is 24.6 Å². The molecule has 0 aromatic rings. The van der Waals surface area contributed by atoms with E-state index in [1.807, 2.05) is 0 Å². The topological polar surface area (TPSA) is 107 Å². The molecule has 1 unspecified atom stereocenters.